The largest absolute Gasteiger partial charge is 0.490 e. The maximum Gasteiger partial charge on any atom is 0.490 e. The molecule has 2 N–H and O–H groups in total. The summed E-state index contributed by atoms with van der Waals surface area (Å²) >= 11 is 1.30. The highest BCUT2D eigenvalue weighted by Gasteiger charge is 2.41. The van der Waals surface area contributed by atoms with E-state index in [9.17, 15) is 27.6 Å². The van der Waals surface area contributed by atoms with E-state index in [0.717, 1.165) is 25.7 Å². The number of carbonyl (C=O) groups is 3. The van der Waals surface area contributed by atoms with Gasteiger partial charge in [0.2, 0.25) is 0 Å². The third-order valence-corrected chi connectivity index (χ3v) is 5.62. The van der Waals surface area contributed by atoms with Crippen molar-refractivity contribution in [1.29, 1.82) is 0 Å². The minimum Gasteiger partial charge on any atom is -0.449 e. The fraction of sp³-hybridized carbons (Fsp3) is 0.765. The summed E-state index contributed by atoms with van der Waals surface area (Å²) in [5.41, 5.74) is 0. The molecule has 1 unspecified atom stereocenters. The fourth-order valence-electron chi connectivity index (χ4n) is 3.01. The van der Waals surface area contributed by atoms with E-state index in [4.69, 9.17) is 0 Å². The van der Waals surface area contributed by atoms with Gasteiger partial charge >= 0.3 is 12.1 Å². The molecule has 11 heteroatoms. The van der Waals surface area contributed by atoms with Crippen molar-refractivity contribution in [2.24, 2.45) is 4.99 Å². The van der Waals surface area contributed by atoms with Crippen LogP contribution in [0.2, 0.25) is 0 Å². The topological polar surface area (TPSA) is 96.9 Å². The van der Waals surface area contributed by atoms with Gasteiger partial charge < -0.3 is 15.4 Å². The minimum absolute atomic E-state index is 0.0675. The third kappa shape index (κ3) is 7.69. The first-order valence-electron chi connectivity index (χ1n) is 9.32. The van der Waals surface area contributed by atoms with Crippen LogP contribution in [0.5, 0.6) is 0 Å². The Balaban J connectivity index is 1.65. The first-order chi connectivity index (χ1) is 13.3. The molecule has 0 aromatic rings. The van der Waals surface area contributed by atoms with Crippen molar-refractivity contribution < 1.29 is 32.3 Å². The van der Waals surface area contributed by atoms with Gasteiger partial charge in [0.05, 0.1) is 5.25 Å². The number of nitrogens with one attached hydrogen (secondary N) is 2. The second-order valence-electron chi connectivity index (χ2n) is 6.76. The van der Waals surface area contributed by atoms with Crippen LogP contribution in [0.15, 0.2) is 4.99 Å². The summed E-state index contributed by atoms with van der Waals surface area (Å²) in [6.07, 6.45) is 3.25. The lowest BCUT2D eigenvalue weighted by Gasteiger charge is -2.21. The molecule has 0 aromatic heterocycles. The van der Waals surface area contributed by atoms with Gasteiger partial charge in [-0.2, -0.15) is 18.2 Å². The van der Waals surface area contributed by atoms with Crippen LogP contribution in [-0.2, 0) is 19.1 Å². The molecule has 2 rings (SSSR count). The fourth-order valence-corrected chi connectivity index (χ4v) is 4.05. The van der Waals surface area contributed by atoms with Gasteiger partial charge in [-0.1, -0.05) is 43.9 Å². The number of carbonyl (C=O) groups excluding carboxylic acids is 3. The lowest BCUT2D eigenvalue weighted by Crippen LogP contribution is -2.34. The minimum atomic E-state index is -5.13. The van der Waals surface area contributed by atoms with E-state index < -0.39 is 29.9 Å². The molecule has 0 bridgehead atoms. The highest BCUT2D eigenvalue weighted by molar-refractivity contribution is 8.15. The monoisotopic (exact) mass is 423 g/mol. The third-order valence-electron chi connectivity index (χ3n) is 4.47. The van der Waals surface area contributed by atoms with E-state index >= 15 is 0 Å². The van der Waals surface area contributed by atoms with Gasteiger partial charge in [-0.05, 0) is 19.3 Å². The number of hydrogen-bond acceptors (Lipinski definition) is 6. The van der Waals surface area contributed by atoms with Gasteiger partial charge in [0.15, 0.2) is 11.8 Å². The standard InChI is InChI=1S/C17H24F3N3O4S/c18-17(19,20)15(26)27-10-13(24)21-9-8-12-14(25)23-16(28-12)22-11-6-4-2-1-3-5-7-11/h11-12H,1-10H2,(H,21,24)(H,22,23,25). The second kappa shape index (κ2) is 10.7. The van der Waals surface area contributed by atoms with Crippen LogP contribution in [-0.4, -0.2) is 53.6 Å². The van der Waals surface area contributed by atoms with E-state index in [1.165, 1.54) is 31.0 Å². The van der Waals surface area contributed by atoms with Crippen molar-refractivity contribution in [2.45, 2.75) is 68.8 Å². The van der Waals surface area contributed by atoms with Crippen molar-refractivity contribution in [2.75, 3.05) is 13.2 Å². The van der Waals surface area contributed by atoms with Crippen molar-refractivity contribution >= 4 is 34.7 Å². The average molecular weight is 423 g/mol. The Morgan fingerprint density at radius 3 is 2.43 bits per heavy atom. The lowest BCUT2D eigenvalue weighted by atomic mass is 9.97. The number of halogens is 3. The van der Waals surface area contributed by atoms with Crippen molar-refractivity contribution in [3.05, 3.63) is 0 Å². The first kappa shape index (κ1) is 22.5. The summed E-state index contributed by atoms with van der Waals surface area (Å²) in [6, 6.07) is 0.307. The molecule has 1 aliphatic heterocycles. The number of amidine groups is 1. The number of alkyl halides is 3. The van der Waals surface area contributed by atoms with Gasteiger partial charge in [0.25, 0.3) is 11.8 Å². The van der Waals surface area contributed by atoms with E-state index in [1.54, 1.807) is 0 Å². The van der Waals surface area contributed by atoms with Crippen molar-refractivity contribution in [3.8, 4) is 0 Å². The highest BCUT2D eigenvalue weighted by Crippen LogP contribution is 2.25. The highest BCUT2D eigenvalue weighted by atomic mass is 32.2. The smallest absolute Gasteiger partial charge is 0.449 e. The summed E-state index contributed by atoms with van der Waals surface area (Å²) in [4.78, 5) is 38.0. The SMILES string of the molecule is O=C(COC(=O)C(F)(F)F)NCCC1SC(NC2CCCCCCC2)=NC1=O. The Morgan fingerprint density at radius 2 is 1.79 bits per heavy atom. The van der Waals surface area contributed by atoms with Gasteiger partial charge in [-0.15, -0.1) is 0 Å². The van der Waals surface area contributed by atoms with Gasteiger partial charge in [-0.25, -0.2) is 4.79 Å². The molecule has 1 atom stereocenters. The quantitative estimate of drug-likeness (QED) is 0.637. The molecule has 0 saturated heterocycles. The van der Waals surface area contributed by atoms with Crippen LogP contribution in [0, 0.1) is 0 Å². The maximum atomic E-state index is 12.0. The molecular formula is C17H24F3N3O4S. The Hall–Kier alpha value is -1.78. The second-order valence-corrected chi connectivity index (χ2v) is 7.95. The van der Waals surface area contributed by atoms with Crippen molar-refractivity contribution in [1.82, 2.24) is 10.6 Å². The molecule has 1 fully saturated rings. The number of hydrogen-bond donors (Lipinski definition) is 2. The number of amides is 2. The van der Waals surface area contributed by atoms with E-state index in [-0.39, 0.29) is 18.9 Å². The molecule has 0 aromatic carbocycles. The van der Waals surface area contributed by atoms with Crippen molar-refractivity contribution in [3.63, 3.8) is 0 Å². The van der Waals surface area contributed by atoms with Crippen LogP contribution in [0.4, 0.5) is 13.2 Å². The van der Waals surface area contributed by atoms with E-state index in [0.29, 0.717) is 11.2 Å². The summed E-state index contributed by atoms with van der Waals surface area (Å²) in [5, 5.41) is 5.80. The summed E-state index contributed by atoms with van der Waals surface area (Å²) in [7, 11) is 0. The number of nitrogens with zero attached hydrogens (tertiary/aromatic N) is 1. The van der Waals surface area contributed by atoms with Crippen LogP contribution in [0.1, 0.15) is 51.4 Å². The van der Waals surface area contributed by atoms with Crippen LogP contribution in [0.25, 0.3) is 0 Å². The molecule has 1 heterocycles. The molecule has 1 aliphatic carbocycles. The molecule has 7 nitrogen and oxygen atoms in total. The molecule has 2 amide bonds. The number of rotatable bonds is 6. The predicted octanol–water partition coefficient (Wildman–Crippen LogP) is 2.30. The Morgan fingerprint density at radius 1 is 1.14 bits per heavy atom. The summed E-state index contributed by atoms with van der Waals surface area (Å²) < 4.78 is 39.8. The predicted molar refractivity (Wildman–Crippen MR) is 97.7 cm³/mol. The zero-order valence-electron chi connectivity index (χ0n) is 15.3. The van der Waals surface area contributed by atoms with E-state index in [1.807, 2.05) is 0 Å². The number of aliphatic imine (C=N–C) groups is 1. The molecule has 158 valence electrons. The van der Waals surface area contributed by atoms with Gasteiger partial charge in [0.1, 0.15) is 0 Å². The van der Waals surface area contributed by atoms with Crippen LogP contribution < -0.4 is 10.6 Å². The average Bonchev–Trinajstić information content (AvgIpc) is 2.93. The Bertz CT molecular complexity index is 605. The number of thioether (sulfide) groups is 1. The summed E-state index contributed by atoms with van der Waals surface area (Å²) in [5.74, 6) is -3.57. The molecule has 0 spiro atoms. The first-order valence-corrected chi connectivity index (χ1v) is 10.2. The molecule has 2 aliphatic rings. The zero-order chi connectivity index (χ0) is 20.6. The lowest BCUT2D eigenvalue weighted by molar-refractivity contribution is -0.199. The summed E-state index contributed by atoms with van der Waals surface area (Å²) in [6.45, 7) is -0.951. The Kier molecular flexibility index (Phi) is 8.58. The molecule has 28 heavy (non-hydrogen) atoms. The molecular weight excluding hydrogens is 399 g/mol. The Labute approximate surface area is 165 Å². The maximum absolute atomic E-state index is 12.0. The van der Waals surface area contributed by atoms with Gasteiger partial charge in [0, 0.05) is 12.6 Å². The van der Waals surface area contributed by atoms with E-state index in [2.05, 4.69) is 20.4 Å². The molecule has 0 radical (unpaired) electrons. The number of ether oxygens (including phenoxy) is 1. The zero-order valence-corrected chi connectivity index (χ0v) is 16.2. The normalized spacial score (nSPS) is 21.5. The number of esters is 1. The molecule has 1 saturated carbocycles. The van der Waals surface area contributed by atoms with Crippen LogP contribution in [0.3, 0.4) is 0 Å². The van der Waals surface area contributed by atoms with Crippen LogP contribution >= 0.6 is 11.8 Å². The van der Waals surface area contributed by atoms with Gasteiger partial charge in [-0.3, -0.25) is 9.59 Å².